The number of ether oxygens (including phenoxy) is 1. The molecule has 4 aromatic rings. The molecule has 0 bridgehead atoms. The van der Waals surface area contributed by atoms with E-state index < -0.39 is 0 Å². The van der Waals surface area contributed by atoms with E-state index >= 15 is 0 Å². The third-order valence-corrected chi connectivity index (χ3v) is 7.84. The first-order chi connectivity index (χ1) is 17.4. The fourth-order valence-electron chi connectivity index (χ4n) is 4.95. The van der Waals surface area contributed by atoms with Crippen LogP contribution in [0.15, 0.2) is 52.3 Å². The molecule has 0 saturated carbocycles. The van der Waals surface area contributed by atoms with Crippen LogP contribution in [0.2, 0.25) is 0 Å². The highest BCUT2D eigenvalue weighted by Crippen LogP contribution is 2.40. The molecule has 0 spiro atoms. The van der Waals surface area contributed by atoms with Crippen LogP contribution in [0.4, 0.5) is 5.00 Å². The van der Waals surface area contributed by atoms with Crippen LogP contribution in [0, 0.1) is 13.8 Å². The number of esters is 1. The second kappa shape index (κ2) is 9.74. The van der Waals surface area contributed by atoms with Crippen molar-refractivity contribution in [3.63, 3.8) is 0 Å². The van der Waals surface area contributed by atoms with Gasteiger partial charge in [-0.25, -0.2) is 14.4 Å². The highest BCUT2D eigenvalue weighted by atomic mass is 32.1. The molecule has 0 atom stereocenters. The van der Waals surface area contributed by atoms with Gasteiger partial charge in [0.2, 0.25) is 5.88 Å². The van der Waals surface area contributed by atoms with E-state index in [1.54, 1.807) is 31.3 Å². The topological polar surface area (TPSA) is 80.9 Å². The zero-order chi connectivity index (χ0) is 25.4. The second-order valence-corrected chi connectivity index (χ2v) is 10.2. The number of rotatable bonds is 5. The first-order valence-corrected chi connectivity index (χ1v) is 13.0. The van der Waals surface area contributed by atoms with E-state index in [2.05, 4.69) is 0 Å². The molecule has 184 valence electrons. The van der Waals surface area contributed by atoms with E-state index in [0.29, 0.717) is 39.2 Å². The lowest BCUT2D eigenvalue weighted by Gasteiger charge is -2.16. The number of fused-ring (bicyclic) bond motifs is 2. The molecule has 1 aliphatic carbocycles. The molecule has 0 saturated heterocycles. The predicted octanol–water partition coefficient (Wildman–Crippen LogP) is 6.18. The fourth-order valence-corrected chi connectivity index (χ4v) is 6.17. The van der Waals surface area contributed by atoms with Gasteiger partial charge in [-0.15, -0.1) is 11.3 Å². The number of benzene rings is 2. The summed E-state index contributed by atoms with van der Waals surface area (Å²) in [4.78, 5) is 32.2. The van der Waals surface area contributed by atoms with Crippen molar-refractivity contribution in [2.45, 2.75) is 46.5 Å². The van der Waals surface area contributed by atoms with E-state index in [9.17, 15) is 14.7 Å². The molecule has 1 N–H and O–H groups in total. The van der Waals surface area contributed by atoms with Gasteiger partial charge in [-0.3, -0.25) is 4.79 Å². The van der Waals surface area contributed by atoms with E-state index in [1.807, 2.05) is 38.1 Å². The van der Waals surface area contributed by atoms with Crippen molar-refractivity contribution >= 4 is 39.3 Å². The minimum Gasteiger partial charge on any atom is -0.494 e. The normalized spacial score (nSPS) is 13.3. The molecule has 0 amide bonds. The lowest BCUT2D eigenvalue weighted by molar-refractivity contribution is 0.0526. The SMILES string of the molecule is CCOC(=O)c1c(N=Cc2c(O)n(-c3ccc(C)cc3C)c(=O)c3ccccc23)sc2c1CCCC2. The van der Waals surface area contributed by atoms with Gasteiger partial charge < -0.3 is 9.84 Å². The number of pyridine rings is 1. The zero-order valence-electron chi connectivity index (χ0n) is 20.6. The Morgan fingerprint density at radius 3 is 2.64 bits per heavy atom. The van der Waals surface area contributed by atoms with Gasteiger partial charge in [0.15, 0.2) is 0 Å². The monoisotopic (exact) mass is 500 g/mol. The lowest BCUT2D eigenvalue weighted by atomic mass is 9.95. The molecule has 2 aromatic heterocycles. The van der Waals surface area contributed by atoms with Crippen LogP contribution in [0.5, 0.6) is 5.88 Å². The number of aryl methyl sites for hydroxylation is 3. The Hall–Kier alpha value is -3.71. The molecule has 0 radical (unpaired) electrons. The molecule has 36 heavy (non-hydrogen) atoms. The molecule has 0 aliphatic heterocycles. The van der Waals surface area contributed by atoms with Gasteiger partial charge in [0, 0.05) is 21.9 Å². The zero-order valence-corrected chi connectivity index (χ0v) is 21.4. The summed E-state index contributed by atoms with van der Waals surface area (Å²) in [6.07, 6.45) is 5.45. The Morgan fingerprint density at radius 1 is 1.14 bits per heavy atom. The van der Waals surface area contributed by atoms with Gasteiger partial charge in [0.1, 0.15) is 5.00 Å². The van der Waals surface area contributed by atoms with Crippen LogP contribution < -0.4 is 5.56 Å². The molecule has 2 aromatic carbocycles. The number of hydrogen-bond acceptors (Lipinski definition) is 6. The molecule has 0 fully saturated rings. The van der Waals surface area contributed by atoms with Gasteiger partial charge in [-0.1, -0.05) is 35.9 Å². The molecular weight excluding hydrogens is 472 g/mol. The number of hydrogen-bond donors (Lipinski definition) is 1. The van der Waals surface area contributed by atoms with Gasteiger partial charge in [-0.2, -0.15) is 0 Å². The van der Waals surface area contributed by atoms with Crippen LogP contribution in [0.25, 0.3) is 16.5 Å². The van der Waals surface area contributed by atoms with Gasteiger partial charge in [0.25, 0.3) is 5.56 Å². The Balaban J connectivity index is 1.72. The minimum absolute atomic E-state index is 0.187. The third kappa shape index (κ3) is 4.13. The van der Waals surface area contributed by atoms with Crippen molar-refractivity contribution in [1.29, 1.82) is 0 Å². The van der Waals surface area contributed by atoms with E-state index in [0.717, 1.165) is 42.4 Å². The van der Waals surface area contributed by atoms with Crippen LogP contribution in [-0.4, -0.2) is 28.5 Å². The molecule has 6 nitrogen and oxygen atoms in total. The smallest absolute Gasteiger partial charge is 0.341 e. The number of aromatic hydroxyl groups is 1. The number of thiophene rings is 1. The molecule has 5 rings (SSSR count). The van der Waals surface area contributed by atoms with Crippen molar-refractivity contribution in [3.05, 3.63) is 85.5 Å². The van der Waals surface area contributed by atoms with Gasteiger partial charge >= 0.3 is 5.97 Å². The second-order valence-electron chi connectivity index (χ2n) is 9.08. The van der Waals surface area contributed by atoms with Crippen LogP contribution in [-0.2, 0) is 17.6 Å². The highest BCUT2D eigenvalue weighted by Gasteiger charge is 2.26. The Labute approximate surface area is 213 Å². The van der Waals surface area contributed by atoms with E-state index in [-0.39, 0.29) is 17.4 Å². The quantitative estimate of drug-likeness (QED) is 0.262. The van der Waals surface area contributed by atoms with Crippen molar-refractivity contribution in [3.8, 4) is 11.6 Å². The van der Waals surface area contributed by atoms with Crippen molar-refractivity contribution in [2.24, 2.45) is 4.99 Å². The van der Waals surface area contributed by atoms with Crippen LogP contribution in [0.1, 0.15) is 57.3 Å². The minimum atomic E-state index is -0.363. The predicted molar refractivity (Wildman–Crippen MR) is 145 cm³/mol. The Kier molecular flexibility index (Phi) is 6.49. The van der Waals surface area contributed by atoms with Crippen molar-refractivity contribution in [1.82, 2.24) is 4.57 Å². The first-order valence-electron chi connectivity index (χ1n) is 12.2. The number of carbonyl (C=O) groups excluding carboxylic acids is 1. The van der Waals surface area contributed by atoms with Crippen LogP contribution >= 0.6 is 11.3 Å². The summed E-state index contributed by atoms with van der Waals surface area (Å²) >= 11 is 1.51. The number of nitrogens with zero attached hydrogens (tertiary/aromatic N) is 2. The van der Waals surface area contributed by atoms with E-state index in [4.69, 9.17) is 9.73 Å². The summed E-state index contributed by atoms with van der Waals surface area (Å²) in [7, 11) is 0. The molecule has 7 heteroatoms. The molecule has 0 unspecified atom stereocenters. The average molecular weight is 501 g/mol. The maximum absolute atomic E-state index is 13.5. The number of carbonyl (C=O) groups is 1. The van der Waals surface area contributed by atoms with Gasteiger partial charge in [0.05, 0.1) is 23.4 Å². The summed E-state index contributed by atoms with van der Waals surface area (Å²) in [6.45, 7) is 5.98. The average Bonchev–Trinajstić information content (AvgIpc) is 3.24. The summed E-state index contributed by atoms with van der Waals surface area (Å²) in [6, 6.07) is 12.9. The first kappa shape index (κ1) is 24.0. The van der Waals surface area contributed by atoms with E-state index in [1.165, 1.54) is 20.8 Å². The summed E-state index contributed by atoms with van der Waals surface area (Å²) < 4.78 is 6.69. The van der Waals surface area contributed by atoms with Crippen molar-refractivity contribution < 1.29 is 14.6 Å². The lowest BCUT2D eigenvalue weighted by Crippen LogP contribution is -2.21. The maximum Gasteiger partial charge on any atom is 0.341 e. The Bertz CT molecular complexity index is 1580. The summed E-state index contributed by atoms with van der Waals surface area (Å²) in [5, 5.41) is 13.1. The summed E-state index contributed by atoms with van der Waals surface area (Å²) in [5.41, 5.74) is 4.24. The number of aliphatic imine (C=N–C) groups is 1. The molecule has 1 aliphatic rings. The van der Waals surface area contributed by atoms with Crippen molar-refractivity contribution in [2.75, 3.05) is 6.61 Å². The molecule has 2 heterocycles. The summed E-state index contributed by atoms with van der Waals surface area (Å²) in [5.74, 6) is -0.549. The van der Waals surface area contributed by atoms with Gasteiger partial charge in [-0.05, 0) is 69.7 Å². The fraction of sp³-hybridized carbons (Fsp3) is 0.276. The highest BCUT2D eigenvalue weighted by molar-refractivity contribution is 7.16. The maximum atomic E-state index is 13.5. The van der Waals surface area contributed by atoms with Crippen LogP contribution in [0.3, 0.4) is 0 Å². The standard InChI is InChI=1S/C29H28N2O4S/c1-4-35-29(34)25-21-11-7-8-12-24(21)36-26(25)30-16-22-19-9-5-6-10-20(19)27(32)31(28(22)33)23-14-13-17(2)15-18(23)3/h5-6,9-10,13-16,33H,4,7-8,11-12H2,1-3H3. The molecular formula is C29H28N2O4S. The Morgan fingerprint density at radius 2 is 1.89 bits per heavy atom. The third-order valence-electron chi connectivity index (χ3n) is 6.64. The number of aromatic nitrogens is 1. The largest absolute Gasteiger partial charge is 0.494 e.